The number of carbonyl (C=O) groups is 1. The molecule has 4 rings (SSSR count). The summed E-state index contributed by atoms with van der Waals surface area (Å²) in [5.74, 6) is -1.91. The Morgan fingerprint density at radius 2 is 2.03 bits per heavy atom. The first-order valence-corrected chi connectivity index (χ1v) is 10.0. The Morgan fingerprint density at radius 3 is 2.75 bits per heavy atom. The number of aromatic nitrogens is 5. The van der Waals surface area contributed by atoms with Crippen LogP contribution in [0.3, 0.4) is 0 Å². The zero-order valence-corrected chi connectivity index (χ0v) is 17.0. The molecule has 3 N–H and O–H groups in total. The zero-order chi connectivity index (χ0) is 22.5. The molecule has 0 bridgehead atoms. The van der Waals surface area contributed by atoms with Crippen molar-refractivity contribution in [1.29, 1.82) is 0 Å². The minimum Gasteiger partial charge on any atom is -0.378 e. The molecule has 0 unspecified atom stereocenters. The van der Waals surface area contributed by atoms with E-state index in [0.29, 0.717) is 11.8 Å². The van der Waals surface area contributed by atoms with Gasteiger partial charge in [-0.05, 0) is 34.6 Å². The minimum atomic E-state index is -0.817. The predicted molar refractivity (Wildman–Crippen MR) is 111 cm³/mol. The summed E-state index contributed by atoms with van der Waals surface area (Å²) >= 11 is 1.43. The number of amides is 1. The Morgan fingerprint density at radius 1 is 1.22 bits per heavy atom. The van der Waals surface area contributed by atoms with Crippen LogP contribution in [0.5, 0.6) is 0 Å². The first-order valence-electron chi connectivity index (χ1n) is 9.02. The van der Waals surface area contributed by atoms with E-state index >= 15 is 0 Å². The molecule has 0 spiro atoms. The van der Waals surface area contributed by atoms with Crippen molar-refractivity contribution < 1.29 is 18.2 Å². The predicted octanol–water partition coefficient (Wildman–Crippen LogP) is 2.57. The van der Waals surface area contributed by atoms with Gasteiger partial charge >= 0.3 is 0 Å². The van der Waals surface area contributed by atoms with Gasteiger partial charge in [-0.3, -0.25) is 4.79 Å². The molecule has 2 aromatic carbocycles. The second kappa shape index (κ2) is 9.34. The summed E-state index contributed by atoms with van der Waals surface area (Å²) in [5, 5.41) is 18.8. The first kappa shape index (κ1) is 21.1. The Balaban J connectivity index is 1.58. The molecule has 0 saturated heterocycles. The first-order chi connectivity index (χ1) is 15.5. The molecular formula is C19H14F2N8O2S. The highest BCUT2D eigenvalue weighted by Gasteiger charge is 2.24. The summed E-state index contributed by atoms with van der Waals surface area (Å²) in [6, 6.07) is 12.5. The number of halogens is 2. The topological polar surface area (TPSA) is 137 Å². The van der Waals surface area contributed by atoms with E-state index in [9.17, 15) is 13.6 Å². The molecule has 4 aromatic rings. The summed E-state index contributed by atoms with van der Waals surface area (Å²) in [7, 11) is 0. The van der Waals surface area contributed by atoms with E-state index in [1.165, 1.54) is 22.5 Å². The number of nitrogen functional groups attached to an aromatic ring is 1. The third-order valence-electron chi connectivity index (χ3n) is 4.13. The summed E-state index contributed by atoms with van der Waals surface area (Å²) < 4.78 is 32.6. The lowest BCUT2D eigenvalue weighted by atomic mass is 10.2. The number of nitrogens with one attached hydrogen (secondary N) is 1. The molecule has 0 aliphatic heterocycles. The van der Waals surface area contributed by atoms with Crippen LogP contribution in [0.1, 0.15) is 21.7 Å². The fourth-order valence-electron chi connectivity index (χ4n) is 2.60. The van der Waals surface area contributed by atoms with Crippen LogP contribution in [0.25, 0.3) is 5.82 Å². The van der Waals surface area contributed by atoms with Crippen molar-refractivity contribution in [1.82, 2.24) is 30.7 Å². The van der Waals surface area contributed by atoms with E-state index in [4.69, 9.17) is 5.73 Å². The lowest BCUT2D eigenvalue weighted by Crippen LogP contribution is -2.20. The Bertz CT molecular complexity index is 1280. The third-order valence-corrected chi connectivity index (χ3v) is 5.15. The minimum absolute atomic E-state index is 0.00310. The number of rotatable bonds is 7. The summed E-state index contributed by atoms with van der Waals surface area (Å²) in [5.41, 5.74) is 8.32. The van der Waals surface area contributed by atoms with Gasteiger partial charge in [-0.2, -0.15) is 9.78 Å². The third kappa shape index (κ3) is 4.62. The van der Waals surface area contributed by atoms with Crippen LogP contribution >= 0.6 is 11.8 Å². The smallest absolute Gasteiger partial charge is 0.293 e. The fourth-order valence-corrected chi connectivity index (χ4v) is 3.52. The van der Waals surface area contributed by atoms with Gasteiger partial charge in [0.2, 0.25) is 11.6 Å². The van der Waals surface area contributed by atoms with E-state index in [-0.39, 0.29) is 28.6 Å². The number of nitrogens with two attached hydrogens (primary N) is 1. The molecule has 162 valence electrons. The van der Waals surface area contributed by atoms with Crippen LogP contribution in [-0.2, 0) is 5.75 Å². The average Bonchev–Trinajstić information content (AvgIpc) is 3.40. The molecule has 0 fully saturated rings. The lowest BCUT2D eigenvalue weighted by molar-refractivity contribution is 0.0949. The summed E-state index contributed by atoms with van der Waals surface area (Å²) in [4.78, 5) is 13.6. The number of thioether (sulfide) groups is 1. The molecule has 0 saturated carbocycles. The average molecular weight is 456 g/mol. The molecule has 10 nitrogen and oxygen atoms in total. The van der Waals surface area contributed by atoms with E-state index < -0.39 is 17.5 Å². The van der Waals surface area contributed by atoms with Gasteiger partial charge in [0.25, 0.3) is 5.91 Å². The maximum absolute atomic E-state index is 13.7. The molecule has 0 atom stereocenters. The van der Waals surface area contributed by atoms with Gasteiger partial charge in [0.15, 0.2) is 5.69 Å². The second-order valence-electron chi connectivity index (χ2n) is 6.24. The van der Waals surface area contributed by atoms with Crippen molar-refractivity contribution in [3.63, 3.8) is 0 Å². The molecule has 0 aliphatic rings. The van der Waals surface area contributed by atoms with Crippen LogP contribution in [0.4, 0.5) is 14.6 Å². The van der Waals surface area contributed by atoms with Gasteiger partial charge in [-0.25, -0.2) is 18.8 Å². The lowest BCUT2D eigenvalue weighted by Gasteiger charge is -2.05. The van der Waals surface area contributed by atoms with Crippen molar-refractivity contribution in [2.75, 3.05) is 5.73 Å². The second-order valence-corrected chi connectivity index (χ2v) is 7.29. The van der Waals surface area contributed by atoms with E-state index in [0.717, 1.165) is 17.2 Å². The molecular weight excluding hydrogens is 442 g/mol. The van der Waals surface area contributed by atoms with Crippen molar-refractivity contribution in [2.24, 2.45) is 5.10 Å². The molecule has 2 heterocycles. The van der Waals surface area contributed by atoms with Gasteiger partial charge in [0, 0.05) is 22.3 Å². The molecule has 2 aromatic heterocycles. The Kier molecular flexibility index (Phi) is 6.17. The van der Waals surface area contributed by atoms with E-state index in [2.05, 4.69) is 35.8 Å². The number of carbonyl (C=O) groups excluding carboxylic acids is 1. The SMILES string of the molecule is Nc1nonc1-n1nnc(C(=O)N/N=C/c2ccc(F)cc2F)c1CSc1ccccc1. The Labute approximate surface area is 183 Å². The zero-order valence-electron chi connectivity index (χ0n) is 16.1. The highest BCUT2D eigenvalue weighted by atomic mass is 32.2. The summed E-state index contributed by atoms with van der Waals surface area (Å²) in [6.07, 6.45) is 1.05. The van der Waals surface area contributed by atoms with Crippen LogP contribution in [0.15, 0.2) is 63.2 Å². The van der Waals surface area contributed by atoms with Gasteiger partial charge in [0.1, 0.15) is 11.6 Å². The van der Waals surface area contributed by atoms with E-state index in [1.54, 1.807) is 0 Å². The molecule has 13 heteroatoms. The normalized spacial score (nSPS) is 11.2. The number of hydrogen-bond acceptors (Lipinski definition) is 9. The number of nitrogens with zero attached hydrogens (tertiary/aromatic N) is 6. The molecule has 1 amide bonds. The van der Waals surface area contributed by atoms with Crippen molar-refractivity contribution in [3.8, 4) is 5.82 Å². The number of hydrazone groups is 1. The number of hydrogen-bond donors (Lipinski definition) is 2. The van der Waals surface area contributed by atoms with E-state index in [1.807, 2.05) is 30.3 Å². The molecule has 0 radical (unpaired) electrons. The van der Waals surface area contributed by atoms with Crippen LogP contribution < -0.4 is 11.2 Å². The highest BCUT2D eigenvalue weighted by molar-refractivity contribution is 7.98. The molecule has 0 aliphatic carbocycles. The maximum atomic E-state index is 13.7. The monoisotopic (exact) mass is 456 g/mol. The van der Waals surface area contributed by atoms with Crippen molar-refractivity contribution in [3.05, 3.63) is 77.1 Å². The van der Waals surface area contributed by atoms with Crippen LogP contribution in [0, 0.1) is 11.6 Å². The number of anilines is 1. The quantitative estimate of drug-likeness (QED) is 0.246. The van der Waals surface area contributed by atoms with Crippen molar-refractivity contribution in [2.45, 2.75) is 10.6 Å². The van der Waals surface area contributed by atoms with Crippen molar-refractivity contribution >= 4 is 29.7 Å². The largest absolute Gasteiger partial charge is 0.378 e. The van der Waals surface area contributed by atoms with Gasteiger partial charge in [0.05, 0.1) is 11.9 Å². The number of benzene rings is 2. The highest BCUT2D eigenvalue weighted by Crippen LogP contribution is 2.25. The maximum Gasteiger partial charge on any atom is 0.293 e. The van der Waals surface area contributed by atoms with Gasteiger partial charge in [-0.1, -0.05) is 23.4 Å². The van der Waals surface area contributed by atoms with Gasteiger partial charge < -0.3 is 5.73 Å². The van der Waals surface area contributed by atoms with Crippen LogP contribution in [0.2, 0.25) is 0 Å². The van der Waals surface area contributed by atoms with Crippen LogP contribution in [-0.4, -0.2) is 37.4 Å². The molecule has 32 heavy (non-hydrogen) atoms. The fraction of sp³-hybridized carbons (Fsp3) is 0.0526. The Hall–Kier alpha value is -4.13. The standard InChI is InChI=1S/C19H14F2N8O2S/c20-12-7-6-11(14(21)8-12)9-23-25-19(30)16-15(10-32-13-4-2-1-3-5-13)29(28-24-16)18-17(22)26-31-27-18/h1-9H,10H2,(H2,22,26)(H,25,30)/b23-9+. The van der Waals surface area contributed by atoms with Gasteiger partial charge in [-0.15, -0.1) is 16.9 Å². The summed E-state index contributed by atoms with van der Waals surface area (Å²) in [6.45, 7) is 0.